The second-order valence-electron chi connectivity index (χ2n) is 3.88. The van der Waals surface area contributed by atoms with Crippen molar-refractivity contribution < 1.29 is 14.3 Å². The van der Waals surface area contributed by atoms with Gasteiger partial charge < -0.3 is 15.4 Å². The van der Waals surface area contributed by atoms with E-state index in [4.69, 9.17) is 0 Å². The zero-order valence-electron chi connectivity index (χ0n) is 11.1. The van der Waals surface area contributed by atoms with Crippen LogP contribution in [0.3, 0.4) is 0 Å². The zero-order chi connectivity index (χ0) is 14.1. The van der Waals surface area contributed by atoms with E-state index in [0.29, 0.717) is 6.61 Å². The van der Waals surface area contributed by atoms with Gasteiger partial charge in [-0.05, 0) is 25.5 Å². The Morgan fingerprint density at radius 1 is 1.37 bits per heavy atom. The van der Waals surface area contributed by atoms with Crippen LogP contribution in [0.15, 0.2) is 30.5 Å². The van der Waals surface area contributed by atoms with Gasteiger partial charge in [0.05, 0.1) is 6.61 Å². The Hall–Kier alpha value is -2.30. The van der Waals surface area contributed by atoms with E-state index in [0.717, 1.165) is 11.1 Å². The van der Waals surface area contributed by atoms with Gasteiger partial charge in [-0.2, -0.15) is 0 Å². The van der Waals surface area contributed by atoms with Crippen LogP contribution >= 0.6 is 0 Å². The third-order valence-electron chi connectivity index (χ3n) is 2.23. The predicted molar refractivity (Wildman–Crippen MR) is 73.4 cm³/mol. The van der Waals surface area contributed by atoms with Crippen LogP contribution in [0.4, 0.5) is 4.79 Å². The minimum absolute atomic E-state index is 0.141. The highest BCUT2D eigenvalue weighted by atomic mass is 16.5. The van der Waals surface area contributed by atoms with Crippen LogP contribution in [0.5, 0.6) is 0 Å². The lowest BCUT2D eigenvalue weighted by Crippen LogP contribution is -2.36. The summed E-state index contributed by atoms with van der Waals surface area (Å²) in [6, 6.07) is 7.42. The molecule has 0 saturated carbocycles. The Morgan fingerprint density at radius 2 is 2.16 bits per heavy atom. The third-order valence-corrected chi connectivity index (χ3v) is 2.23. The number of carbonyl (C=O) groups is 2. The van der Waals surface area contributed by atoms with Crippen molar-refractivity contribution >= 4 is 18.1 Å². The fraction of sp³-hybridized carbons (Fsp3) is 0.286. The van der Waals surface area contributed by atoms with Crippen molar-refractivity contribution in [3.63, 3.8) is 0 Å². The Morgan fingerprint density at radius 3 is 2.84 bits per heavy atom. The van der Waals surface area contributed by atoms with E-state index in [-0.39, 0.29) is 6.54 Å². The molecule has 19 heavy (non-hydrogen) atoms. The number of rotatable bonds is 5. The SMILES string of the molecule is CCOC(=O)CNC(=O)N/C=C/c1cccc(C)c1. The third kappa shape index (κ3) is 6.26. The van der Waals surface area contributed by atoms with Crippen LogP contribution in [0, 0.1) is 6.92 Å². The molecule has 0 aliphatic heterocycles. The quantitative estimate of drug-likeness (QED) is 0.795. The molecule has 0 unspecified atom stereocenters. The molecule has 5 nitrogen and oxygen atoms in total. The van der Waals surface area contributed by atoms with Gasteiger partial charge in [0.15, 0.2) is 0 Å². The summed E-state index contributed by atoms with van der Waals surface area (Å²) < 4.78 is 4.68. The molecule has 0 aliphatic carbocycles. The molecule has 2 N–H and O–H groups in total. The summed E-state index contributed by atoms with van der Waals surface area (Å²) >= 11 is 0. The number of hydrogen-bond acceptors (Lipinski definition) is 3. The lowest BCUT2D eigenvalue weighted by molar-refractivity contribution is -0.141. The van der Waals surface area contributed by atoms with Gasteiger partial charge in [-0.15, -0.1) is 0 Å². The van der Waals surface area contributed by atoms with Gasteiger partial charge in [0, 0.05) is 6.20 Å². The van der Waals surface area contributed by atoms with Crippen molar-refractivity contribution in [3.05, 3.63) is 41.6 Å². The number of aryl methyl sites for hydroxylation is 1. The molecule has 1 aromatic carbocycles. The highest BCUT2D eigenvalue weighted by Gasteiger charge is 2.03. The van der Waals surface area contributed by atoms with Gasteiger partial charge >= 0.3 is 12.0 Å². The van der Waals surface area contributed by atoms with Crippen molar-refractivity contribution in [2.75, 3.05) is 13.2 Å². The van der Waals surface area contributed by atoms with Gasteiger partial charge in [0.1, 0.15) is 6.54 Å². The van der Waals surface area contributed by atoms with E-state index in [1.807, 2.05) is 31.2 Å². The maximum atomic E-state index is 11.3. The van der Waals surface area contributed by atoms with Gasteiger partial charge in [0.2, 0.25) is 0 Å². The molecule has 0 heterocycles. The lowest BCUT2D eigenvalue weighted by atomic mass is 10.1. The first kappa shape index (κ1) is 14.8. The highest BCUT2D eigenvalue weighted by Crippen LogP contribution is 2.04. The Kier molecular flexibility index (Phi) is 6.15. The van der Waals surface area contributed by atoms with Crippen LogP contribution in [-0.2, 0) is 9.53 Å². The molecule has 2 amide bonds. The number of nitrogens with one attached hydrogen (secondary N) is 2. The molecule has 0 atom stereocenters. The summed E-state index contributed by atoms with van der Waals surface area (Å²) in [5.74, 6) is -0.458. The molecule has 5 heteroatoms. The first-order valence-corrected chi connectivity index (χ1v) is 6.05. The molecule has 1 rings (SSSR count). The van der Waals surface area contributed by atoms with E-state index in [1.54, 1.807) is 13.0 Å². The Balaban J connectivity index is 2.32. The van der Waals surface area contributed by atoms with Crippen LogP contribution in [-0.4, -0.2) is 25.2 Å². The Bertz CT molecular complexity index is 470. The molecule has 0 bridgehead atoms. The fourth-order valence-electron chi connectivity index (χ4n) is 1.40. The first-order chi connectivity index (χ1) is 9.11. The second kappa shape index (κ2) is 7.92. The molecular weight excluding hydrogens is 244 g/mol. The van der Waals surface area contributed by atoms with Gasteiger partial charge in [-0.25, -0.2) is 4.79 Å². The largest absolute Gasteiger partial charge is 0.465 e. The predicted octanol–water partition coefficient (Wildman–Crippen LogP) is 1.83. The van der Waals surface area contributed by atoms with Crippen molar-refractivity contribution in [1.29, 1.82) is 0 Å². The van der Waals surface area contributed by atoms with Crippen LogP contribution < -0.4 is 10.6 Å². The van der Waals surface area contributed by atoms with Crippen molar-refractivity contribution in [3.8, 4) is 0 Å². The smallest absolute Gasteiger partial charge is 0.325 e. The van der Waals surface area contributed by atoms with Crippen LogP contribution in [0.25, 0.3) is 6.08 Å². The summed E-state index contributed by atoms with van der Waals surface area (Å²) in [7, 11) is 0. The van der Waals surface area contributed by atoms with Crippen molar-refractivity contribution in [1.82, 2.24) is 10.6 Å². The average Bonchev–Trinajstić information content (AvgIpc) is 2.37. The maximum Gasteiger partial charge on any atom is 0.325 e. The van der Waals surface area contributed by atoms with E-state index in [1.165, 1.54) is 6.20 Å². The minimum Gasteiger partial charge on any atom is -0.465 e. The number of ether oxygens (including phenoxy) is 1. The summed E-state index contributed by atoms with van der Waals surface area (Å²) in [5.41, 5.74) is 2.14. The fourth-order valence-corrected chi connectivity index (χ4v) is 1.40. The summed E-state index contributed by atoms with van der Waals surface area (Å²) in [4.78, 5) is 22.3. The summed E-state index contributed by atoms with van der Waals surface area (Å²) in [5, 5.41) is 4.90. The first-order valence-electron chi connectivity index (χ1n) is 6.05. The lowest BCUT2D eigenvalue weighted by Gasteiger charge is -2.04. The van der Waals surface area contributed by atoms with Gasteiger partial charge in [0.25, 0.3) is 0 Å². The summed E-state index contributed by atoms with van der Waals surface area (Å²) in [6.45, 7) is 3.87. The normalized spacial score (nSPS) is 10.2. The molecule has 1 aromatic rings. The molecule has 0 aromatic heterocycles. The summed E-state index contributed by atoms with van der Waals surface area (Å²) in [6.07, 6.45) is 3.30. The van der Waals surface area contributed by atoms with Crippen LogP contribution in [0.2, 0.25) is 0 Å². The van der Waals surface area contributed by atoms with Crippen molar-refractivity contribution in [2.24, 2.45) is 0 Å². The van der Waals surface area contributed by atoms with E-state index in [9.17, 15) is 9.59 Å². The zero-order valence-corrected chi connectivity index (χ0v) is 11.1. The number of hydrogen-bond donors (Lipinski definition) is 2. The molecular formula is C14H18N2O3. The number of amides is 2. The Labute approximate surface area is 112 Å². The van der Waals surface area contributed by atoms with E-state index in [2.05, 4.69) is 15.4 Å². The number of urea groups is 1. The minimum atomic E-state index is -0.458. The number of esters is 1. The molecule has 102 valence electrons. The second-order valence-corrected chi connectivity index (χ2v) is 3.88. The van der Waals surface area contributed by atoms with E-state index < -0.39 is 12.0 Å². The topological polar surface area (TPSA) is 67.4 Å². The monoisotopic (exact) mass is 262 g/mol. The number of benzene rings is 1. The molecule has 0 aliphatic rings. The van der Waals surface area contributed by atoms with Gasteiger partial charge in [-0.1, -0.05) is 29.8 Å². The molecule has 0 fully saturated rings. The molecule has 0 radical (unpaired) electrons. The average molecular weight is 262 g/mol. The molecule has 0 spiro atoms. The standard InChI is InChI=1S/C14H18N2O3/c1-3-19-13(17)10-16-14(18)15-8-7-12-6-4-5-11(2)9-12/h4-9H,3,10H2,1-2H3,(H2,15,16,18)/b8-7+. The maximum absolute atomic E-state index is 11.3. The van der Waals surface area contributed by atoms with Gasteiger partial charge in [-0.3, -0.25) is 4.79 Å². The van der Waals surface area contributed by atoms with E-state index >= 15 is 0 Å². The van der Waals surface area contributed by atoms with Crippen LogP contribution in [0.1, 0.15) is 18.1 Å². The molecule has 0 saturated heterocycles. The highest BCUT2D eigenvalue weighted by molar-refractivity contribution is 5.81. The van der Waals surface area contributed by atoms with Crippen molar-refractivity contribution in [2.45, 2.75) is 13.8 Å². The number of carbonyl (C=O) groups excluding carboxylic acids is 2.